The first kappa shape index (κ1) is 29.3. The van der Waals surface area contributed by atoms with Crippen LogP contribution in [0.2, 0.25) is 0 Å². The van der Waals surface area contributed by atoms with Crippen molar-refractivity contribution in [1.82, 2.24) is 4.90 Å². The lowest BCUT2D eigenvalue weighted by molar-refractivity contribution is -0.945. The van der Waals surface area contributed by atoms with E-state index in [9.17, 15) is 4.79 Å². The van der Waals surface area contributed by atoms with E-state index in [-0.39, 0.29) is 30.3 Å². The number of fused-ring (bicyclic) bond motifs is 5. The van der Waals surface area contributed by atoms with Gasteiger partial charge in [0.05, 0.1) is 44.7 Å². The minimum Gasteiger partial charge on any atom is -1.00 e. The maximum Gasteiger partial charge on any atom is 0.235 e. The monoisotopic (exact) mass is 594 g/mol. The summed E-state index contributed by atoms with van der Waals surface area (Å²) < 4.78 is 13.4. The molecule has 8 rings (SSSR count). The molecule has 4 aliphatic rings. The van der Waals surface area contributed by atoms with Gasteiger partial charge < -0.3 is 31.3 Å². The summed E-state index contributed by atoms with van der Waals surface area (Å²) in [4.78, 5) is 16.4. The lowest BCUT2D eigenvalue weighted by Gasteiger charge is -2.55. The fourth-order valence-corrected chi connectivity index (χ4v) is 7.51. The third kappa shape index (κ3) is 5.76. The molecule has 222 valence electrons. The Morgan fingerprint density at radius 1 is 0.814 bits per heavy atom. The van der Waals surface area contributed by atoms with Gasteiger partial charge in [-0.1, -0.05) is 78.9 Å². The number of benzene rings is 4. The Morgan fingerprint density at radius 2 is 1.40 bits per heavy atom. The maximum atomic E-state index is 14.3. The molecule has 0 saturated carbocycles. The first-order valence-electron chi connectivity index (χ1n) is 15.4. The number of para-hydroxylation sites is 2. The molecular weight excluding hydrogens is 556 g/mol. The summed E-state index contributed by atoms with van der Waals surface area (Å²) in [5.41, 5.74) is 4.35. The normalized spacial score (nSPS) is 22.0. The van der Waals surface area contributed by atoms with Gasteiger partial charge in [0.25, 0.3) is 0 Å². The lowest BCUT2D eigenvalue weighted by atomic mass is 9.79. The minimum atomic E-state index is -0.332. The molecule has 5 nitrogen and oxygen atoms in total. The molecular formula is C37H39ClN2O3. The zero-order chi connectivity index (χ0) is 28.5. The molecule has 1 amide bonds. The third-order valence-electron chi connectivity index (χ3n) is 9.85. The number of ether oxygens (including phenoxy) is 2. The zero-order valence-electron chi connectivity index (χ0n) is 24.7. The van der Waals surface area contributed by atoms with Gasteiger partial charge in [-0.05, 0) is 41.3 Å². The average molecular weight is 595 g/mol. The summed E-state index contributed by atoms with van der Waals surface area (Å²) in [6.45, 7) is 5.25. The summed E-state index contributed by atoms with van der Waals surface area (Å²) in [6, 6.07) is 35.1. The predicted molar refractivity (Wildman–Crippen MR) is 166 cm³/mol. The molecule has 0 radical (unpaired) electrons. The number of nitrogens with zero attached hydrogens (tertiary/aromatic N) is 2. The van der Waals surface area contributed by atoms with Gasteiger partial charge in [0.1, 0.15) is 17.2 Å². The van der Waals surface area contributed by atoms with Crippen LogP contribution in [0.1, 0.15) is 36.3 Å². The summed E-state index contributed by atoms with van der Waals surface area (Å²) >= 11 is 0. The van der Waals surface area contributed by atoms with E-state index in [0.717, 1.165) is 52.4 Å². The minimum absolute atomic E-state index is 0. The largest absolute Gasteiger partial charge is 1.00 e. The van der Waals surface area contributed by atoms with Crippen molar-refractivity contribution in [2.24, 2.45) is 5.92 Å². The number of quaternary nitrogens is 1. The highest BCUT2D eigenvalue weighted by molar-refractivity contribution is 5.89. The van der Waals surface area contributed by atoms with Crippen LogP contribution < -0.4 is 21.9 Å². The number of hydrogen-bond acceptors (Lipinski definition) is 3. The number of likely N-dealkylation sites (N-methyl/N-ethyl adjacent to an activating group) is 1. The van der Waals surface area contributed by atoms with Crippen LogP contribution >= 0.6 is 0 Å². The lowest BCUT2D eigenvalue weighted by Crippen LogP contribution is -3.00. The van der Waals surface area contributed by atoms with Crippen LogP contribution in [0.25, 0.3) is 11.1 Å². The van der Waals surface area contributed by atoms with Gasteiger partial charge in [-0.2, -0.15) is 0 Å². The Kier molecular flexibility index (Phi) is 8.47. The highest BCUT2D eigenvalue weighted by Crippen LogP contribution is 2.46. The van der Waals surface area contributed by atoms with E-state index in [1.54, 1.807) is 0 Å². The smallest absolute Gasteiger partial charge is 0.235 e. The van der Waals surface area contributed by atoms with Crippen LogP contribution in [0.5, 0.6) is 17.2 Å². The number of carbonyl (C=O) groups is 1. The standard InChI is InChI=1S/C37H39N2O3.ClH/c1-38(37(40)36-31-12-5-7-14-34(31)42-35-15-8-6-13-32(35)36)33-26-39(23-20-29(33)21-24-39)22-9-25-41-30-18-16-28(17-19-30)27-10-3-2-4-11-27;/h2-8,10-19,29,33,36H,9,20-26H2,1H3;1H/q+1;/p-1/t29?,33-,39?;/m0./s1. The van der Waals surface area contributed by atoms with Crippen molar-refractivity contribution >= 4 is 5.91 Å². The van der Waals surface area contributed by atoms with Gasteiger partial charge in [0.15, 0.2) is 0 Å². The Balaban J connectivity index is 0.00000329. The summed E-state index contributed by atoms with van der Waals surface area (Å²) in [5.74, 6) is 2.92. The molecule has 0 aliphatic carbocycles. The molecule has 43 heavy (non-hydrogen) atoms. The molecule has 0 spiro atoms. The number of amides is 1. The number of piperidine rings is 3. The Hall–Kier alpha value is -3.80. The zero-order valence-corrected chi connectivity index (χ0v) is 25.5. The van der Waals surface area contributed by atoms with E-state index in [1.807, 2.05) is 61.6 Å². The molecule has 4 heterocycles. The second-order valence-corrected chi connectivity index (χ2v) is 12.3. The van der Waals surface area contributed by atoms with E-state index in [4.69, 9.17) is 9.47 Å². The Morgan fingerprint density at radius 3 is 2.05 bits per heavy atom. The molecule has 4 aliphatic heterocycles. The fourth-order valence-electron chi connectivity index (χ4n) is 7.51. The van der Waals surface area contributed by atoms with Crippen molar-refractivity contribution in [2.45, 2.75) is 31.2 Å². The van der Waals surface area contributed by atoms with Crippen molar-refractivity contribution in [3.05, 3.63) is 114 Å². The van der Waals surface area contributed by atoms with E-state index in [2.05, 4.69) is 53.4 Å². The van der Waals surface area contributed by atoms with Crippen LogP contribution in [0, 0.1) is 5.92 Å². The highest BCUT2D eigenvalue weighted by atomic mass is 35.5. The summed E-state index contributed by atoms with van der Waals surface area (Å²) in [6.07, 6.45) is 3.38. The van der Waals surface area contributed by atoms with E-state index in [1.165, 1.54) is 37.1 Å². The third-order valence-corrected chi connectivity index (χ3v) is 9.85. The number of rotatable bonds is 8. The summed E-state index contributed by atoms with van der Waals surface area (Å²) in [5, 5.41) is 0. The molecule has 1 atom stereocenters. The highest BCUT2D eigenvalue weighted by Gasteiger charge is 2.49. The molecule has 4 aromatic rings. The second-order valence-electron chi connectivity index (χ2n) is 12.3. The second kappa shape index (κ2) is 12.4. The van der Waals surface area contributed by atoms with E-state index in [0.29, 0.717) is 12.5 Å². The van der Waals surface area contributed by atoms with Crippen LogP contribution in [-0.2, 0) is 4.79 Å². The first-order valence-corrected chi connectivity index (χ1v) is 15.4. The van der Waals surface area contributed by atoms with E-state index >= 15 is 0 Å². The number of hydrogen-bond donors (Lipinski definition) is 0. The molecule has 2 bridgehead atoms. The van der Waals surface area contributed by atoms with Gasteiger partial charge in [-0.15, -0.1) is 0 Å². The van der Waals surface area contributed by atoms with Gasteiger partial charge in [0.2, 0.25) is 5.91 Å². The van der Waals surface area contributed by atoms with Crippen LogP contribution in [0.3, 0.4) is 0 Å². The van der Waals surface area contributed by atoms with Crippen molar-refractivity contribution in [3.8, 4) is 28.4 Å². The van der Waals surface area contributed by atoms with Crippen molar-refractivity contribution in [3.63, 3.8) is 0 Å². The molecule has 4 aromatic carbocycles. The summed E-state index contributed by atoms with van der Waals surface area (Å²) in [7, 11) is 2.04. The number of halogens is 1. The molecule has 0 aromatic heterocycles. The van der Waals surface area contributed by atoms with Gasteiger partial charge in [-0.25, -0.2) is 0 Å². The van der Waals surface area contributed by atoms with Crippen molar-refractivity contribution < 1.29 is 31.2 Å². The molecule has 3 fully saturated rings. The van der Waals surface area contributed by atoms with Crippen LogP contribution in [-0.4, -0.2) is 61.2 Å². The van der Waals surface area contributed by atoms with Gasteiger partial charge in [0, 0.05) is 37.4 Å². The van der Waals surface area contributed by atoms with Crippen LogP contribution in [0.4, 0.5) is 0 Å². The van der Waals surface area contributed by atoms with E-state index < -0.39 is 0 Å². The topological polar surface area (TPSA) is 38.8 Å². The molecule has 0 unspecified atom stereocenters. The van der Waals surface area contributed by atoms with Crippen molar-refractivity contribution in [1.29, 1.82) is 0 Å². The fraction of sp³-hybridized carbons (Fsp3) is 0.324. The molecule has 0 N–H and O–H groups in total. The maximum absolute atomic E-state index is 14.3. The predicted octanol–water partition coefficient (Wildman–Crippen LogP) is 4.13. The number of carbonyl (C=O) groups excluding carboxylic acids is 1. The quantitative estimate of drug-likeness (QED) is 0.227. The van der Waals surface area contributed by atoms with Gasteiger partial charge >= 0.3 is 0 Å². The van der Waals surface area contributed by atoms with Crippen LogP contribution in [0.15, 0.2) is 103 Å². The Bertz CT molecular complexity index is 1500. The van der Waals surface area contributed by atoms with Gasteiger partial charge in [-0.3, -0.25) is 4.79 Å². The first-order chi connectivity index (χ1) is 20.6. The van der Waals surface area contributed by atoms with Crippen molar-refractivity contribution in [2.75, 3.05) is 39.8 Å². The molecule has 3 saturated heterocycles. The Labute approximate surface area is 261 Å². The molecule has 6 heteroatoms. The SMILES string of the molecule is CN(C(=O)C1c2ccccc2Oc2ccccc21)[C@H]1C[N+]2(CCCOc3ccc(-c4ccccc4)cc3)CCC1CC2.[Cl-]. The average Bonchev–Trinajstić information content (AvgIpc) is 3.06.